The van der Waals surface area contributed by atoms with Gasteiger partial charge in [-0.1, -0.05) is 30.3 Å². The van der Waals surface area contributed by atoms with Crippen LogP contribution in [0.25, 0.3) is 0 Å². The van der Waals surface area contributed by atoms with Gasteiger partial charge in [-0.3, -0.25) is 15.3 Å². The van der Waals surface area contributed by atoms with Crippen molar-refractivity contribution in [1.29, 1.82) is 0 Å². The SMILES string of the molecule is COC(=O)C(C)(NCc1ccccc1)c1nccnc1C. The van der Waals surface area contributed by atoms with Gasteiger partial charge in [-0.25, -0.2) is 4.79 Å². The molecule has 2 rings (SSSR count). The summed E-state index contributed by atoms with van der Waals surface area (Å²) in [5.41, 5.74) is 1.32. The number of carbonyl (C=O) groups is 1. The van der Waals surface area contributed by atoms with Crippen LogP contribution in [0.4, 0.5) is 0 Å². The molecule has 0 bridgehead atoms. The first-order valence-corrected chi connectivity index (χ1v) is 6.73. The fraction of sp³-hybridized carbons (Fsp3) is 0.312. The highest BCUT2D eigenvalue weighted by molar-refractivity contribution is 5.81. The standard InChI is InChI=1S/C16H19N3O2/c1-12-14(18-10-9-17-12)16(2,15(20)21-3)19-11-13-7-5-4-6-8-13/h4-10,19H,11H2,1-3H3. The summed E-state index contributed by atoms with van der Waals surface area (Å²) in [6, 6.07) is 9.86. The summed E-state index contributed by atoms with van der Waals surface area (Å²) in [5, 5.41) is 3.24. The second-order valence-electron chi connectivity index (χ2n) is 4.95. The third-order valence-electron chi connectivity index (χ3n) is 3.44. The zero-order valence-electron chi connectivity index (χ0n) is 12.5. The Balaban J connectivity index is 2.30. The summed E-state index contributed by atoms with van der Waals surface area (Å²) in [5.74, 6) is -0.387. The molecule has 0 fully saturated rings. The number of ether oxygens (including phenoxy) is 1. The zero-order valence-corrected chi connectivity index (χ0v) is 12.5. The Morgan fingerprint density at radius 3 is 2.52 bits per heavy atom. The van der Waals surface area contributed by atoms with Crippen LogP contribution in [-0.2, 0) is 21.6 Å². The molecule has 1 heterocycles. The fourth-order valence-electron chi connectivity index (χ4n) is 2.23. The molecule has 1 aromatic heterocycles. The largest absolute Gasteiger partial charge is 0.467 e. The van der Waals surface area contributed by atoms with Gasteiger partial charge in [0, 0.05) is 18.9 Å². The molecule has 21 heavy (non-hydrogen) atoms. The Labute approximate surface area is 124 Å². The van der Waals surface area contributed by atoms with Crippen molar-refractivity contribution in [1.82, 2.24) is 15.3 Å². The number of nitrogens with zero attached hydrogens (tertiary/aromatic N) is 2. The molecule has 0 saturated carbocycles. The summed E-state index contributed by atoms with van der Waals surface area (Å²) in [4.78, 5) is 20.8. The molecule has 110 valence electrons. The first-order chi connectivity index (χ1) is 10.1. The number of benzene rings is 1. The molecule has 1 unspecified atom stereocenters. The van der Waals surface area contributed by atoms with E-state index >= 15 is 0 Å². The monoisotopic (exact) mass is 285 g/mol. The van der Waals surface area contributed by atoms with Gasteiger partial charge < -0.3 is 4.74 Å². The molecule has 0 radical (unpaired) electrons. The summed E-state index contributed by atoms with van der Waals surface area (Å²) >= 11 is 0. The van der Waals surface area contributed by atoms with E-state index in [0.717, 1.165) is 5.56 Å². The van der Waals surface area contributed by atoms with Crippen molar-refractivity contribution in [3.63, 3.8) is 0 Å². The summed E-state index contributed by atoms with van der Waals surface area (Å²) in [6.45, 7) is 4.12. The van der Waals surface area contributed by atoms with Crippen molar-refractivity contribution in [2.24, 2.45) is 0 Å². The average molecular weight is 285 g/mol. The topological polar surface area (TPSA) is 64.1 Å². The molecule has 0 aliphatic carbocycles. The number of hydrogen-bond donors (Lipinski definition) is 1. The van der Waals surface area contributed by atoms with E-state index in [0.29, 0.717) is 17.9 Å². The molecule has 0 aliphatic rings. The maximum atomic E-state index is 12.3. The molecule has 5 heteroatoms. The molecule has 5 nitrogen and oxygen atoms in total. The second kappa shape index (κ2) is 6.45. The molecule has 1 aromatic carbocycles. The van der Waals surface area contributed by atoms with Crippen LogP contribution in [0.1, 0.15) is 23.9 Å². The van der Waals surface area contributed by atoms with Gasteiger partial charge >= 0.3 is 5.97 Å². The van der Waals surface area contributed by atoms with E-state index in [-0.39, 0.29) is 5.97 Å². The molecule has 0 spiro atoms. The van der Waals surface area contributed by atoms with Gasteiger partial charge in [0.05, 0.1) is 18.5 Å². The van der Waals surface area contributed by atoms with E-state index < -0.39 is 5.54 Å². The molecule has 1 atom stereocenters. The van der Waals surface area contributed by atoms with Gasteiger partial charge in [0.25, 0.3) is 0 Å². The fourth-order valence-corrected chi connectivity index (χ4v) is 2.23. The van der Waals surface area contributed by atoms with Crippen molar-refractivity contribution in [3.8, 4) is 0 Å². The Kier molecular flexibility index (Phi) is 4.65. The quantitative estimate of drug-likeness (QED) is 0.851. The predicted molar refractivity (Wildman–Crippen MR) is 79.4 cm³/mol. The minimum absolute atomic E-state index is 0.387. The maximum absolute atomic E-state index is 12.3. The van der Waals surface area contributed by atoms with Gasteiger partial charge in [-0.2, -0.15) is 0 Å². The number of esters is 1. The number of nitrogens with one attached hydrogen (secondary N) is 1. The van der Waals surface area contributed by atoms with Crippen LogP contribution in [0.5, 0.6) is 0 Å². The Hall–Kier alpha value is -2.27. The minimum Gasteiger partial charge on any atom is -0.467 e. The third-order valence-corrected chi connectivity index (χ3v) is 3.44. The Morgan fingerprint density at radius 1 is 1.24 bits per heavy atom. The van der Waals surface area contributed by atoms with Crippen molar-refractivity contribution in [3.05, 3.63) is 59.7 Å². The molecule has 2 aromatic rings. The van der Waals surface area contributed by atoms with Crippen LogP contribution < -0.4 is 5.32 Å². The number of carbonyl (C=O) groups excluding carboxylic acids is 1. The predicted octanol–water partition coefficient (Wildman–Crippen LogP) is 1.96. The molecule has 0 aliphatic heterocycles. The number of rotatable bonds is 5. The molecular weight excluding hydrogens is 266 g/mol. The summed E-state index contributed by atoms with van der Waals surface area (Å²) < 4.78 is 4.94. The molecule has 0 amide bonds. The molecule has 0 saturated heterocycles. The van der Waals surface area contributed by atoms with Crippen LogP contribution in [0.15, 0.2) is 42.7 Å². The zero-order chi connectivity index (χ0) is 15.3. The van der Waals surface area contributed by atoms with Gasteiger partial charge in [0.1, 0.15) is 0 Å². The lowest BCUT2D eigenvalue weighted by Gasteiger charge is -2.28. The Morgan fingerprint density at radius 2 is 1.90 bits per heavy atom. The first-order valence-electron chi connectivity index (χ1n) is 6.73. The highest BCUT2D eigenvalue weighted by Crippen LogP contribution is 2.23. The lowest BCUT2D eigenvalue weighted by atomic mass is 9.95. The maximum Gasteiger partial charge on any atom is 0.332 e. The van der Waals surface area contributed by atoms with Crippen LogP contribution in [0.2, 0.25) is 0 Å². The summed E-state index contributed by atoms with van der Waals surface area (Å²) in [7, 11) is 1.37. The van der Waals surface area contributed by atoms with Crippen molar-refractivity contribution in [2.75, 3.05) is 7.11 Å². The number of aryl methyl sites for hydroxylation is 1. The van der Waals surface area contributed by atoms with E-state index in [1.165, 1.54) is 7.11 Å². The van der Waals surface area contributed by atoms with Crippen molar-refractivity contribution in [2.45, 2.75) is 25.9 Å². The van der Waals surface area contributed by atoms with Gasteiger partial charge in [-0.15, -0.1) is 0 Å². The highest BCUT2D eigenvalue weighted by Gasteiger charge is 2.39. The average Bonchev–Trinajstić information content (AvgIpc) is 2.53. The number of hydrogen-bond acceptors (Lipinski definition) is 5. The minimum atomic E-state index is -1.04. The van der Waals surface area contributed by atoms with E-state index in [4.69, 9.17) is 4.74 Å². The van der Waals surface area contributed by atoms with Gasteiger partial charge in [0.15, 0.2) is 5.54 Å². The number of aromatic nitrogens is 2. The first kappa shape index (κ1) is 15.1. The Bertz CT molecular complexity index is 616. The normalized spacial score (nSPS) is 13.5. The van der Waals surface area contributed by atoms with E-state index in [1.807, 2.05) is 37.3 Å². The van der Waals surface area contributed by atoms with Crippen LogP contribution in [-0.4, -0.2) is 23.0 Å². The third kappa shape index (κ3) is 3.25. The van der Waals surface area contributed by atoms with E-state index in [9.17, 15) is 4.79 Å². The van der Waals surface area contributed by atoms with Crippen molar-refractivity contribution >= 4 is 5.97 Å². The van der Waals surface area contributed by atoms with Gasteiger partial charge in [0.2, 0.25) is 0 Å². The lowest BCUT2D eigenvalue weighted by molar-refractivity contribution is -0.148. The van der Waals surface area contributed by atoms with Gasteiger partial charge in [-0.05, 0) is 19.4 Å². The van der Waals surface area contributed by atoms with Crippen LogP contribution in [0.3, 0.4) is 0 Å². The van der Waals surface area contributed by atoms with E-state index in [1.54, 1.807) is 19.3 Å². The lowest BCUT2D eigenvalue weighted by Crippen LogP contribution is -2.48. The molecule has 1 N–H and O–H groups in total. The van der Waals surface area contributed by atoms with E-state index in [2.05, 4.69) is 15.3 Å². The smallest absolute Gasteiger partial charge is 0.332 e. The highest BCUT2D eigenvalue weighted by atomic mass is 16.5. The second-order valence-corrected chi connectivity index (χ2v) is 4.95. The summed E-state index contributed by atoms with van der Waals surface area (Å²) in [6.07, 6.45) is 3.18. The van der Waals surface area contributed by atoms with Crippen molar-refractivity contribution < 1.29 is 9.53 Å². The van der Waals surface area contributed by atoms with Crippen LogP contribution in [0, 0.1) is 6.92 Å². The molecular formula is C16H19N3O2. The number of methoxy groups -OCH3 is 1. The van der Waals surface area contributed by atoms with Crippen LogP contribution >= 0.6 is 0 Å².